The van der Waals surface area contributed by atoms with E-state index in [9.17, 15) is 19.1 Å². The number of aliphatic carboxylic acids is 1. The molecular formula is C36H70FNO4. The molecule has 0 aliphatic heterocycles. The van der Waals surface area contributed by atoms with Crippen LogP contribution in [-0.4, -0.2) is 36.5 Å². The fourth-order valence-electron chi connectivity index (χ4n) is 5.90. The lowest BCUT2D eigenvalue weighted by Crippen LogP contribution is -2.33. The molecule has 0 radical (unpaired) electrons. The van der Waals surface area contributed by atoms with E-state index in [2.05, 4.69) is 12.2 Å². The molecule has 0 spiro atoms. The number of hydrogen-bond acceptors (Lipinski definition) is 3. The zero-order valence-corrected chi connectivity index (χ0v) is 28.1. The van der Waals surface area contributed by atoms with Gasteiger partial charge in [-0.1, -0.05) is 156 Å². The van der Waals surface area contributed by atoms with Crippen molar-refractivity contribution >= 4 is 12.1 Å². The van der Waals surface area contributed by atoms with Gasteiger partial charge in [0, 0.05) is 6.54 Å². The Morgan fingerprint density at radius 3 is 1.60 bits per heavy atom. The summed E-state index contributed by atoms with van der Waals surface area (Å²) in [4.78, 5) is 23.8. The quantitative estimate of drug-likeness (QED) is 0.0754. The van der Waals surface area contributed by atoms with Crippen molar-refractivity contribution in [2.45, 2.75) is 200 Å². The first-order chi connectivity index (χ1) is 20.4. The highest BCUT2D eigenvalue weighted by molar-refractivity contribution is 5.74. The van der Waals surface area contributed by atoms with Crippen LogP contribution < -0.4 is 5.32 Å². The number of carboxylic acid groups (broad SMARTS) is 1. The second-order valence-electron chi connectivity index (χ2n) is 12.8. The van der Waals surface area contributed by atoms with E-state index in [1.54, 1.807) is 0 Å². The van der Waals surface area contributed by atoms with Gasteiger partial charge in [-0.2, -0.15) is 0 Å². The van der Waals surface area contributed by atoms with Gasteiger partial charge in [-0.25, -0.2) is 9.18 Å². The van der Waals surface area contributed by atoms with Crippen molar-refractivity contribution in [1.82, 2.24) is 5.32 Å². The molecule has 0 saturated heterocycles. The summed E-state index contributed by atoms with van der Waals surface area (Å²) < 4.78 is 19.7. The molecular weight excluding hydrogens is 529 g/mol. The van der Waals surface area contributed by atoms with Crippen molar-refractivity contribution in [3.8, 4) is 0 Å². The average molecular weight is 600 g/mol. The number of unbranched alkanes of at least 4 members (excludes halogenated alkanes) is 20. The smallest absolute Gasteiger partial charge is 0.407 e. The summed E-state index contributed by atoms with van der Waals surface area (Å²) in [5.74, 6) is -0.838. The maximum atomic E-state index is 14.4. The van der Waals surface area contributed by atoms with Crippen LogP contribution in [0.3, 0.4) is 0 Å². The van der Waals surface area contributed by atoms with Crippen molar-refractivity contribution < 1.29 is 23.8 Å². The number of ether oxygens (including phenoxy) is 1. The molecule has 0 aliphatic carbocycles. The minimum Gasteiger partial charge on any atom is -0.481 e. The minimum absolute atomic E-state index is 0.147. The van der Waals surface area contributed by atoms with Crippen LogP contribution >= 0.6 is 0 Å². The van der Waals surface area contributed by atoms with E-state index in [1.165, 1.54) is 77.0 Å². The molecule has 2 N–H and O–H groups in total. The molecule has 5 nitrogen and oxygen atoms in total. The molecule has 0 aromatic carbocycles. The van der Waals surface area contributed by atoms with Crippen LogP contribution in [0.15, 0.2) is 0 Å². The van der Waals surface area contributed by atoms with Crippen LogP contribution in [0.25, 0.3) is 0 Å². The molecule has 0 aliphatic rings. The Morgan fingerprint density at radius 2 is 1.12 bits per heavy atom. The second kappa shape index (κ2) is 29.7. The van der Waals surface area contributed by atoms with E-state index in [1.807, 2.05) is 13.8 Å². The first kappa shape index (κ1) is 40.7. The van der Waals surface area contributed by atoms with E-state index in [0.717, 1.165) is 70.6 Å². The van der Waals surface area contributed by atoms with Gasteiger partial charge < -0.3 is 15.2 Å². The van der Waals surface area contributed by atoms with E-state index in [0.29, 0.717) is 32.4 Å². The Balaban J connectivity index is 3.56. The Labute approximate surface area is 259 Å². The summed E-state index contributed by atoms with van der Waals surface area (Å²) in [6.07, 6.45) is 27.7. The highest BCUT2D eigenvalue weighted by Crippen LogP contribution is 2.36. The molecule has 0 rings (SSSR count). The number of halogens is 1. The van der Waals surface area contributed by atoms with Gasteiger partial charge in [-0.3, -0.25) is 4.79 Å². The van der Waals surface area contributed by atoms with Crippen LogP contribution in [0.1, 0.15) is 194 Å². The predicted octanol–water partition coefficient (Wildman–Crippen LogP) is 11.7. The Morgan fingerprint density at radius 1 is 0.667 bits per heavy atom. The van der Waals surface area contributed by atoms with E-state index in [-0.39, 0.29) is 12.5 Å². The Hall–Kier alpha value is -1.33. The van der Waals surface area contributed by atoms with E-state index >= 15 is 0 Å². The molecule has 6 heteroatoms. The SMILES string of the molecule is CCCCCCCCCCCCCCCCOC(=O)NCCCCCCCCCC(CC)(CC(F)CCCC)C(=O)O. The molecule has 0 fully saturated rings. The predicted molar refractivity (Wildman–Crippen MR) is 176 cm³/mol. The van der Waals surface area contributed by atoms with Crippen molar-refractivity contribution in [1.29, 1.82) is 0 Å². The van der Waals surface area contributed by atoms with Crippen LogP contribution in [0.4, 0.5) is 9.18 Å². The highest BCUT2D eigenvalue weighted by atomic mass is 19.1. The van der Waals surface area contributed by atoms with Gasteiger partial charge in [0.05, 0.1) is 12.0 Å². The number of hydrogen-bond donors (Lipinski definition) is 2. The number of rotatable bonds is 32. The molecule has 250 valence electrons. The third-order valence-electron chi connectivity index (χ3n) is 8.95. The van der Waals surface area contributed by atoms with Gasteiger partial charge >= 0.3 is 12.1 Å². The number of carbonyl (C=O) groups is 2. The number of alkyl halides is 1. The average Bonchev–Trinajstić information content (AvgIpc) is 2.98. The third-order valence-corrected chi connectivity index (χ3v) is 8.95. The normalized spacial score (nSPS) is 13.5. The second-order valence-corrected chi connectivity index (χ2v) is 12.8. The van der Waals surface area contributed by atoms with Crippen molar-refractivity contribution in [3.05, 3.63) is 0 Å². The number of alkyl carbamates (subject to hydrolysis) is 1. The summed E-state index contributed by atoms with van der Waals surface area (Å²) in [6.45, 7) is 7.34. The van der Waals surface area contributed by atoms with Crippen molar-refractivity contribution in [3.63, 3.8) is 0 Å². The maximum absolute atomic E-state index is 14.4. The van der Waals surface area contributed by atoms with E-state index < -0.39 is 17.6 Å². The van der Waals surface area contributed by atoms with E-state index in [4.69, 9.17) is 4.74 Å². The third kappa shape index (κ3) is 24.1. The molecule has 0 aromatic rings. The lowest BCUT2D eigenvalue weighted by molar-refractivity contribution is -0.151. The van der Waals surface area contributed by atoms with Gasteiger partial charge in [-0.15, -0.1) is 0 Å². The van der Waals surface area contributed by atoms with Gasteiger partial charge in [0.2, 0.25) is 0 Å². The molecule has 42 heavy (non-hydrogen) atoms. The number of carbonyl (C=O) groups excluding carboxylic acids is 1. The lowest BCUT2D eigenvalue weighted by atomic mass is 9.75. The zero-order chi connectivity index (χ0) is 31.2. The van der Waals surface area contributed by atoms with Crippen LogP contribution in [0, 0.1) is 5.41 Å². The Kier molecular flexibility index (Phi) is 28.8. The summed E-state index contributed by atoms with van der Waals surface area (Å²) in [5.41, 5.74) is -0.917. The van der Waals surface area contributed by atoms with Crippen molar-refractivity contribution in [2.24, 2.45) is 5.41 Å². The van der Waals surface area contributed by atoms with Gasteiger partial charge in [0.15, 0.2) is 0 Å². The summed E-state index contributed by atoms with van der Waals surface area (Å²) in [6, 6.07) is 0. The summed E-state index contributed by atoms with van der Waals surface area (Å²) in [7, 11) is 0. The number of amides is 1. The fraction of sp³-hybridized carbons (Fsp3) is 0.944. The van der Waals surface area contributed by atoms with Gasteiger partial charge in [-0.05, 0) is 38.5 Å². The molecule has 2 atom stereocenters. The Bertz CT molecular complexity index is 617. The van der Waals surface area contributed by atoms with Crippen molar-refractivity contribution in [2.75, 3.05) is 13.2 Å². The molecule has 0 saturated carbocycles. The first-order valence-corrected chi connectivity index (χ1v) is 18.2. The molecule has 2 unspecified atom stereocenters. The molecule has 0 heterocycles. The first-order valence-electron chi connectivity index (χ1n) is 18.2. The monoisotopic (exact) mass is 600 g/mol. The minimum atomic E-state index is -1.02. The molecule has 0 bridgehead atoms. The molecule has 0 aromatic heterocycles. The summed E-state index contributed by atoms with van der Waals surface area (Å²) >= 11 is 0. The highest BCUT2D eigenvalue weighted by Gasteiger charge is 2.38. The van der Waals surface area contributed by atoms with Crippen LogP contribution in [0.5, 0.6) is 0 Å². The summed E-state index contributed by atoms with van der Waals surface area (Å²) in [5, 5.41) is 12.7. The standard InChI is InChI=1S/C36H70FNO4/c1-4-7-9-10-11-12-13-14-15-16-17-21-24-27-31-42-35(41)38-30-26-23-20-18-19-22-25-29-36(6-3,34(39)40)32-33(37)28-8-5-2/h33H,4-32H2,1-3H3,(H,38,41)(H,39,40). The zero-order valence-electron chi connectivity index (χ0n) is 28.1. The molecule has 1 amide bonds. The fourth-order valence-corrected chi connectivity index (χ4v) is 5.90. The lowest BCUT2D eigenvalue weighted by Gasteiger charge is -2.29. The van der Waals surface area contributed by atoms with Crippen LogP contribution in [0.2, 0.25) is 0 Å². The van der Waals surface area contributed by atoms with Gasteiger partial charge in [0.25, 0.3) is 0 Å². The largest absolute Gasteiger partial charge is 0.481 e. The number of nitrogens with one attached hydrogen (secondary N) is 1. The van der Waals surface area contributed by atoms with Crippen LogP contribution in [-0.2, 0) is 9.53 Å². The topological polar surface area (TPSA) is 75.6 Å². The maximum Gasteiger partial charge on any atom is 0.407 e. The number of carboxylic acids is 1. The van der Waals surface area contributed by atoms with Gasteiger partial charge in [0.1, 0.15) is 6.17 Å².